The maximum Gasteiger partial charge on any atom is 0.160 e. The Kier molecular flexibility index (Phi) is 6.46. The van der Waals surface area contributed by atoms with Crippen molar-refractivity contribution in [3.8, 4) is 22.3 Å². The van der Waals surface area contributed by atoms with Crippen LogP contribution in [-0.4, -0.2) is 16.7 Å². The van der Waals surface area contributed by atoms with Gasteiger partial charge in [0.2, 0.25) is 0 Å². The Morgan fingerprint density at radius 3 is 1.98 bits per heavy atom. The van der Waals surface area contributed by atoms with E-state index < -0.39 is 0 Å². The van der Waals surface area contributed by atoms with Gasteiger partial charge in [0, 0.05) is 28.1 Å². The Hall–Kier alpha value is -6.33. The molecule has 2 aromatic heterocycles. The zero-order valence-electron chi connectivity index (χ0n) is 25.3. The highest BCUT2D eigenvalue weighted by Gasteiger charge is 2.22. The van der Waals surface area contributed by atoms with Crippen LogP contribution in [-0.2, 0) is 0 Å². The number of furan rings is 1. The van der Waals surface area contributed by atoms with E-state index in [1.807, 2.05) is 60.8 Å². The number of hydrogen-bond acceptors (Lipinski definition) is 5. The van der Waals surface area contributed by atoms with Crippen LogP contribution in [0.4, 0.5) is 0 Å². The van der Waals surface area contributed by atoms with Crippen molar-refractivity contribution in [2.24, 2.45) is 9.98 Å². The summed E-state index contributed by atoms with van der Waals surface area (Å²) in [6.07, 6.45) is 3.34. The molecule has 1 atom stereocenters. The first-order valence-electron chi connectivity index (χ1n) is 15.7. The average molecular weight is 605 g/mol. The minimum absolute atomic E-state index is 0.252. The van der Waals surface area contributed by atoms with Crippen LogP contribution < -0.4 is 5.32 Å². The van der Waals surface area contributed by atoms with Crippen LogP contribution in [0.15, 0.2) is 172 Å². The quantitative estimate of drug-likeness (QED) is 0.213. The molecule has 0 saturated heterocycles. The van der Waals surface area contributed by atoms with Crippen LogP contribution in [0.1, 0.15) is 22.9 Å². The molecule has 5 nitrogen and oxygen atoms in total. The molecule has 1 N–H and O–H groups in total. The summed E-state index contributed by atoms with van der Waals surface area (Å²) in [7, 11) is 0. The van der Waals surface area contributed by atoms with Crippen molar-refractivity contribution < 1.29 is 4.42 Å². The summed E-state index contributed by atoms with van der Waals surface area (Å²) in [5.41, 5.74) is 9.37. The van der Waals surface area contributed by atoms with Crippen molar-refractivity contribution >= 4 is 44.4 Å². The van der Waals surface area contributed by atoms with Crippen molar-refractivity contribution in [3.05, 3.63) is 175 Å². The third-order valence-electron chi connectivity index (χ3n) is 8.88. The molecular weight excluding hydrogens is 576 g/mol. The van der Waals surface area contributed by atoms with Gasteiger partial charge in [-0.1, -0.05) is 127 Å². The summed E-state index contributed by atoms with van der Waals surface area (Å²) in [5.74, 6) is 1.52. The lowest BCUT2D eigenvalue weighted by atomic mass is 9.92. The fraction of sp³-hybridized carbons (Fsp3) is 0.0238. The van der Waals surface area contributed by atoms with E-state index in [0.717, 1.165) is 77.5 Å². The van der Waals surface area contributed by atoms with E-state index in [9.17, 15) is 0 Å². The van der Waals surface area contributed by atoms with E-state index in [-0.39, 0.29) is 6.17 Å². The maximum absolute atomic E-state index is 6.10. The van der Waals surface area contributed by atoms with Gasteiger partial charge in [0.1, 0.15) is 17.6 Å². The predicted molar refractivity (Wildman–Crippen MR) is 192 cm³/mol. The average Bonchev–Trinajstić information content (AvgIpc) is 3.54. The van der Waals surface area contributed by atoms with Gasteiger partial charge in [0.15, 0.2) is 11.4 Å². The molecule has 8 aromatic rings. The van der Waals surface area contributed by atoms with Gasteiger partial charge in [0.25, 0.3) is 0 Å². The number of hydrogen-bond donors (Lipinski definition) is 1. The summed E-state index contributed by atoms with van der Waals surface area (Å²) < 4.78 is 6.10. The standard InChI is InChI=1S/C42H28N4O/c1-3-10-29(11-4-1)40-44-41(30-12-5-2-6-13-30)46-42(45-40)35-23-22-31(33-14-7-8-15-34(33)35)27-18-20-28(21-19-27)32-16-9-17-37-39(32)36-24-25-43-26-38(36)47-37/h1-26,40H,(H,44,45,46). The van der Waals surface area contributed by atoms with Crippen molar-refractivity contribution in [1.82, 2.24) is 10.3 Å². The van der Waals surface area contributed by atoms with E-state index in [1.54, 1.807) is 6.20 Å². The summed E-state index contributed by atoms with van der Waals surface area (Å²) >= 11 is 0. The highest BCUT2D eigenvalue weighted by atomic mass is 16.3. The molecule has 0 radical (unpaired) electrons. The number of fused-ring (bicyclic) bond motifs is 4. The van der Waals surface area contributed by atoms with Crippen LogP contribution in [0, 0.1) is 0 Å². The molecule has 47 heavy (non-hydrogen) atoms. The fourth-order valence-electron chi connectivity index (χ4n) is 6.61. The number of aromatic nitrogens is 1. The van der Waals surface area contributed by atoms with Gasteiger partial charge in [-0.05, 0) is 56.8 Å². The van der Waals surface area contributed by atoms with Crippen LogP contribution in [0.3, 0.4) is 0 Å². The molecule has 1 aliphatic heterocycles. The molecule has 0 fully saturated rings. The normalized spacial score (nSPS) is 14.6. The maximum atomic E-state index is 6.10. The second-order valence-electron chi connectivity index (χ2n) is 11.7. The highest BCUT2D eigenvalue weighted by Crippen LogP contribution is 2.38. The molecule has 1 aliphatic rings. The molecular formula is C42H28N4O. The molecule has 222 valence electrons. The molecule has 0 amide bonds. The van der Waals surface area contributed by atoms with Gasteiger partial charge >= 0.3 is 0 Å². The third kappa shape index (κ3) is 4.77. The minimum Gasteiger partial charge on any atom is -0.454 e. The fourth-order valence-corrected chi connectivity index (χ4v) is 6.61. The van der Waals surface area contributed by atoms with Crippen molar-refractivity contribution in [2.75, 3.05) is 0 Å². The van der Waals surface area contributed by atoms with Crippen LogP contribution in [0.2, 0.25) is 0 Å². The first-order valence-corrected chi connectivity index (χ1v) is 15.7. The van der Waals surface area contributed by atoms with E-state index in [0.29, 0.717) is 5.84 Å². The Balaban J connectivity index is 1.14. The molecule has 0 aliphatic carbocycles. The topological polar surface area (TPSA) is 62.8 Å². The number of rotatable bonds is 5. The van der Waals surface area contributed by atoms with Crippen molar-refractivity contribution in [1.29, 1.82) is 0 Å². The number of nitrogens with one attached hydrogen (secondary N) is 1. The van der Waals surface area contributed by atoms with Crippen molar-refractivity contribution in [2.45, 2.75) is 6.17 Å². The lowest BCUT2D eigenvalue weighted by Crippen LogP contribution is -2.33. The Labute approximate surface area is 271 Å². The van der Waals surface area contributed by atoms with Gasteiger partial charge < -0.3 is 9.73 Å². The summed E-state index contributed by atoms with van der Waals surface area (Å²) in [6, 6.07) is 50.5. The van der Waals surface area contributed by atoms with E-state index in [1.165, 1.54) is 0 Å². The Morgan fingerprint density at radius 1 is 0.511 bits per heavy atom. The monoisotopic (exact) mass is 604 g/mol. The first-order chi connectivity index (χ1) is 23.3. The van der Waals surface area contributed by atoms with E-state index >= 15 is 0 Å². The highest BCUT2D eigenvalue weighted by molar-refractivity contribution is 6.19. The van der Waals surface area contributed by atoms with Gasteiger partial charge in [-0.15, -0.1) is 0 Å². The zero-order chi connectivity index (χ0) is 31.2. The lowest BCUT2D eigenvalue weighted by Gasteiger charge is -2.24. The molecule has 6 aromatic carbocycles. The third-order valence-corrected chi connectivity index (χ3v) is 8.88. The number of amidine groups is 2. The van der Waals surface area contributed by atoms with Gasteiger partial charge in [0.05, 0.1) is 6.20 Å². The Morgan fingerprint density at radius 2 is 1.19 bits per heavy atom. The molecule has 0 bridgehead atoms. The molecule has 9 rings (SSSR count). The lowest BCUT2D eigenvalue weighted by molar-refractivity contribution is 0.667. The van der Waals surface area contributed by atoms with Gasteiger partial charge in [-0.25, -0.2) is 9.98 Å². The number of nitrogens with zero attached hydrogens (tertiary/aromatic N) is 3. The molecule has 1 unspecified atom stereocenters. The summed E-state index contributed by atoms with van der Waals surface area (Å²) in [5, 5.41) is 8.01. The second-order valence-corrected chi connectivity index (χ2v) is 11.7. The Bertz CT molecular complexity index is 2480. The van der Waals surface area contributed by atoms with Crippen LogP contribution in [0.5, 0.6) is 0 Å². The predicted octanol–water partition coefficient (Wildman–Crippen LogP) is 9.96. The molecule has 0 saturated carbocycles. The van der Waals surface area contributed by atoms with Crippen LogP contribution >= 0.6 is 0 Å². The van der Waals surface area contributed by atoms with Crippen molar-refractivity contribution in [3.63, 3.8) is 0 Å². The number of aliphatic imine (C=N–C) groups is 2. The van der Waals surface area contributed by atoms with E-state index in [2.05, 4.69) is 101 Å². The van der Waals surface area contributed by atoms with E-state index in [4.69, 9.17) is 14.4 Å². The molecule has 0 spiro atoms. The van der Waals surface area contributed by atoms with Gasteiger partial charge in [-0.3, -0.25) is 4.98 Å². The van der Waals surface area contributed by atoms with Gasteiger partial charge in [-0.2, -0.15) is 0 Å². The summed E-state index contributed by atoms with van der Waals surface area (Å²) in [4.78, 5) is 14.5. The SMILES string of the molecule is c1ccc(C2=NC(c3ccc(-c4ccc(-c5cccc6oc7cnccc7c56)cc4)c4ccccc34)=NC(c3ccccc3)N2)cc1. The zero-order valence-corrected chi connectivity index (χ0v) is 25.3. The van der Waals surface area contributed by atoms with Crippen LogP contribution in [0.25, 0.3) is 55.0 Å². The second kappa shape index (κ2) is 11.2. The first kappa shape index (κ1) is 27.0. The molecule has 5 heteroatoms. The molecule has 3 heterocycles. The number of pyridine rings is 1. The largest absolute Gasteiger partial charge is 0.454 e. The minimum atomic E-state index is -0.252. The smallest absolute Gasteiger partial charge is 0.160 e. The number of benzene rings is 6. The summed E-state index contributed by atoms with van der Waals surface area (Å²) in [6.45, 7) is 0.